The van der Waals surface area contributed by atoms with Crippen molar-refractivity contribution in [3.63, 3.8) is 0 Å². The second kappa shape index (κ2) is 4.72. The molecule has 0 bridgehead atoms. The largest absolute Gasteiger partial charge is 0.399 e. The van der Waals surface area contributed by atoms with Gasteiger partial charge < -0.3 is 20.5 Å². The monoisotopic (exact) mass is 222 g/mol. The molecule has 16 heavy (non-hydrogen) atoms. The third kappa shape index (κ3) is 2.28. The molecule has 0 aromatic heterocycles. The summed E-state index contributed by atoms with van der Waals surface area (Å²) >= 11 is 0. The second-order valence-corrected chi connectivity index (χ2v) is 4.23. The van der Waals surface area contributed by atoms with Gasteiger partial charge in [0.2, 0.25) is 0 Å². The molecule has 2 atom stereocenters. The molecule has 0 spiro atoms. The molecule has 4 heteroatoms. The summed E-state index contributed by atoms with van der Waals surface area (Å²) in [5.41, 5.74) is 7.56. The van der Waals surface area contributed by atoms with Crippen LogP contribution in [-0.4, -0.2) is 37.0 Å². The number of hydrogen-bond donors (Lipinski definition) is 2. The van der Waals surface area contributed by atoms with E-state index in [1.54, 1.807) is 0 Å². The van der Waals surface area contributed by atoms with E-state index in [-0.39, 0.29) is 12.7 Å². The van der Waals surface area contributed by atoms with Crippen LogP contribution in [0.5, 0.6) is 0 Å². The van der Waals surface area contributed by atoms with Crippen LogP contribution in [0.3, 0.4) is 0 Å². The highest BCUT2D eigenvalue weighted by atomic mass is 16.5. The molecular weight excluding hydrogens is 204 g/mol. The van der Waals surface area contributed by atoms with Gasteiger partial charge in [-0.15, -0.1) is 0 Å². The number of rotatable bonds is 2. The Morgan fingerprint density at radius 1 is 1.44 bits per heavy atom. The third-order valence-corrected chi connectivity index (χ3v) is 2.93. The van der Waals surface area contributed by atoms with Crippen LogP contribution in [0, 0.1) is 0 Å². The van der Waals surface area contributed by atoms with Crippen molar-refractivity contribution < 1.29 is 9.84 Å². The number of anilines is 2. The van der Waals surface area contributed by atoms with Crippen molar-refractivity contribution in [1.29, 1.82) is 0 Å². The normalized spacial score (nSPS) is 25.8. The topological polar surface area (TPSA) is 58.7 Å². The highest BCUT2D eigenvalue weighted by Gasteiger charge is 2.25. The van der Waals surface area contributed by atoms with Crippen LogP contribution in [0.4, 0.5) is 11.4 Å². The molecule has 0 saturated carbocycles. The quantitative estimate of drug-likeness (QED) is 0.728. The van der Waals surface area contributed by atoms with E-state index in [0.29, 0.717) is 12.6 Å². The maximum atomic E-state index is 9.11. The summed E-state index contributed by atoms with van der Waals surface area (Å²) in [5, 5.41) is 9.11. The fourth-order valence-electron chi connectivity index (χ4n) is 1.95. The molecule has 1 aliphatic heterocycles. The second-order valence-electron chi connectivity index (χ2n) is 4.23. The zero-order chi connectivity index (χ0) is 11.5. The zero-order valence-electron chi connectivity index (χ0n) is 9.47. The van der Waals surface area contributed by atoms with Gasteiger partial charge in [0.05, 0.1) is 19.3 Å². The van der Waals surface area contributed by atoms with Gasteiger partial charge in [0.1, 0.15) is 0 Å². The van der Waals surface area contributed by atoms with Crippen molar-refractivity contribution in [2.24, 2.45) is 0 Å². The lowest BCUT2D eigenvalue weighted by Gasteiger charge is -2.39. The van der Waals surface area contributed by atoms with E-state index in [9.17, 15) is 0 Å². The van der Waals surface area contributed by atoms with Gasteiger partial charge in [0.15, 0.2) is 0 Å². The predicted molar refractivity (Wildman–Crippen MR) is 64.5 cm³/mol. The third-order valence-electron chi connectivity index (χ3n) is 2.93. The van der Waals surface area contributed by atoms with Crippen LogP contribution in [-0.2, 0) is 4.74 Å². The maximum absolute atomic E-state index is 9.11. The molecule has 2 rings (SSSR count). The van der Waals surface area contributed by atoms with Crippen LogP contribution >= 0.6 is 0 Å². The van der Waals surface area contributed by atoms with Crippen LogP contribution in [0.2, 0.25) is 0 Å². The minimum absolute atomic E-state index is 0.0677. The van der Waals surface area contributed by atoms with Crippen molar-refractivity contribution in [3.8, 4) is 0 Å². The number of nitrogen functional groups attached to an aromatic ring is 1. The first-order valence-corrected chi connectivity index (χ1v) is 5.55. The van der Waals surface area contributed by atoms with Gasteiger partial charge in [0, 0.05) is 24.0 Å². The van der Waals surface area contributed by atoms with E-state index >= 15 is 0 Å². The Morgan fingerprint density at radius 3 is 2.75 bits per heavy atom. The van der Waals surface area contributed by atoms with Crippen molar-refractivity contribution in [3.05, 3.63) is 24.3 Å². The van der Waals surface area contributed by atoms with Gasteiger partial charge >= 0.3 is 0 Å². The molecule has 1 fully saturated rings. The summed E-state index contributed by atoms with van der Waals surface area (Å²) in [5.74, 6) is 0. The van der Waals surface area contributed by atoms with E-state index in [1.165, 1.54) is 0 Å². The average Bonchev–Trinajstić information content (AvgIpc) is 2.31. The van der Waals surface area contributed by atoms with Crippen molar-refractivity contribution in [2.75, 3.05) is 30.4 Å². The summed E-state index contributed by atoms with van der Waals surface area (Å²) in [4.78, 5) is 2.24. The molecule has 4 nitrogen and oxygen atoms in total. The minimum atomic E-state index is -0.0891. The Labute approximate surface area is 95.6 Å². The SMILES string of the molecule is CC1COC(CO)CN1c1ccc(N)cc1. The van der Waals surface area contributed by atoms with Crippen molar-refractivity contribution in [2.45, 2.75) is 19.1 Å². The summed E-state index contributed by atoms with van der Waals surface area (Å²) < 4.78 is 5.50. The highest BCUT2D eigenvalue weighted by Crippen LogP contribution is 2.22. The van der Waals surface area contributed by atoms with Gasteiger partial charge in [-0.25, -0.2) is 0 Å². The lowest BCUT2D eigenvalue weighted by atomic mass is 10.1. The lowest BCUT2D eigenvalue weighted by molar-refractivity contribution is -0.0103. The van der Waals surface area contributed by atoms with Crippen LogP contribution < -0.4 is 10.6 Å². The number of ether oxygens (including phenoxy) is 1. The first kappa shape index (κ1) is 11.2. The van der Waals surface area contributed by atoms with E-state index in [2.05, 4.69) is 11.8 Å². The maximum Gasteiger partial charge on any atom is 0.0981 e. The highest BCUT2D eigenvalue weighted by molar-refractivity contribution is 5.54. The predicted octanol–water partition coefficient (Wildman–Crippen LogP) is 0.855. The Kier molecular flexibility index (Phi) is 3.31. The number of nitrogens with two attached hydrogens (primary N) is 1. The van der Waals surface area contributed by atoms with Gasteiger partial charge in [-0.05, 0) is 31.2 Å². The fourth-order valence-corrected chi connectivity index (χ4v) is 1.95. The standard InChI is InChI=1S/C12H18N2O2/c1-9-8-16-12(7-15)6-14(9)11-4-2-10(13)3-5-11/h2-5,9,12,15H,6-8,13H2,1H3. The average molecular weight is 222 g/mol. The number of morpholine rings is 1. The smallest absolute Gasteiger partial charge is 0.0981 e. The molecule has 3 N–H and O–H groups in total. The molecule has 1 heterocycles. The summed E-state index contributed by atoms with van der Waals surface area (Å²) in [6.07, 6.45) is -0.0891. The molecule has 0 radical (unpaired) electrons. The number of hydrogen-bond acceptors (Lipinski definition) is 4. The van der Waals surface area contributed by atoms with E-state index < -0.39 is 0 Å². The van der Waals surface area contributed by atoms with Crippen LogP contribution in [0.25, 0.3) is 0 Å². The fraction of sp³-hybridized carbons (Fsp3) is 0.500. The molecule has 1 saturated heterocycles. The molecular formula is C12H18N2O2. The summed E-state index contributed by atoms with van der Waals surface area (Å²) in [6.45, 7) is 3.55. The Hall–Kier alpha value is -1.26. The van der Waals surface area contributed by atoms with Gasteiger partial charge in [-0.1, -0.05) is 0 Å². The van der Waals surface area contributed by atoms with E-state index in [1.807, 2.05) is 24.3 Å². The number of aliphatic hydroxyl groups excluding tert-OH is 1. The van der Waals surface area contributed by atoms with Gasteiger partial charge in [-0.2, -0.15) is 0 Å². The van der Waals surface area contributed by atoms with Crippen LogP contribution in [0.15, 0.2) is 24.3 Å². The van der Waals surface area contributed by atoms with Gasteiger partial charge in [-0.3, -0.25) is 0 Å². The number of aliphatic hydroxyl groups is 1. The van der Waals surface area contributed by atoms with Gasteiger partial charge in [0.25, 0.3) is 0 Å². The molecule has 0 amide bonds. The molecule has 1 aromatic carbocycles. The first-order chi connectivity index (χ1) is 7.70. The first-order valence-electron chi connectivity index (χ1n) is 5.55. The molecule has 2 unspecified atom stereocenters. The van der Waals surface area contributed by atoms with Crippen LogP contribution in [0.1, 0.15) is 6.92 Å². The van der Waals surface area contributed by atoms with E-state index in [4.69, 9.17) is 15.6 Å². The minimum Gasteiger partial charge on any atom is -0.399 e. The zero-order valence-corrected chi connectivity index (χ0v) is 9.47. The lowest BCUT2D eigenvalue weighted by Crippen LogP contribution is -2.49. The number of nitrogens with zero attached hydrogens (tertiary/aromatic N) is 1. The molecule has 0 aliphatic carbocycles. The Bertz CT molecular complexity index is 339. The molecule has 1 aliphatic rings. The molecule has 1 aromatic rings. The Morgan fingerprint density at radius 2 is 2.12 bits per heavy atom. The Balaban J connectivity index is 2.14. The molecule has 88 valence electrons. The van der Waals surface area contributed by atoms with Crippen molar-refractivity contribution in [1.82, 2.24) is 0 Å². The summed E-state index contributed by atoms with van der Waals surface area (Å²) in [7, 11) is 0. The van der Waals surface area contributed by atoms with Crippen molar-refractivity contribution >= 4 is 11.4 Å². The number of benzene rings is 1. The van der Waals surface area contributed by atoms with E-state index in [0.717, 1.165) is 17.9 Å². The summed E-state index contributed by atoms with van der Waals surface area (Å²) in [6, 6.07) is 8.13.